The highest BCUT2D eigenvalue weighted by atomic mass is 79.9. The number of esters is 1. The van der Waals surface area contributed by atoms with Crippen molar-refractivity contribution in [1.29, 1.82) is 0 Å². The smallest absolute Gasteiger partial charge is 0.410 e. The van der Waals surface area contributed by atoms with Gasteiger partial charge in [0.2, 0.25) is 0 Å². The fraction of sp³-hybridized carbons (Fsp3) is 0.167. The van der Waals surface area contributed by atoms with Crippen molar-refractivity contribution in [1.82, 2.24) is 4.90 Å². The van der Waals surface area contributed by atoms with Crippen molar-refractivity contribution < 1.29 is 33.8 Å². The normalized spacial score (nSPS) is 11.9. The summed E-state index contributed by atoms with van der Waals surface area (Å²) in [6, 6.07) is 47.7. The molecule has 8 rings (SSSR count). The monoisotopic (exact) mass is 901 g/mol. The molecule has 8 nitrogen and oxygen atoms in total. The van der Waals surface area contributed by atoms with Crippen molar-refractivity contribution in [2.45, 2.75) is 31.7 Å². The van der Waals surface area contributed by atoms with Gasteiger partial charge in [0.1, 0.15) is 19.5 Å². The van der Waals surface area contributed by atoms with E-state index in [2.05, 4.69) is 80.4 Å². The van der Waals surface area contributed by atoms with Gasteiger partial charge in [-0.3, -0.25) is 14.4 Å². The zero-order chi connectivity index (χ0) is 41.0. The molecule has 1 amide bonds. The van der Waals surface area contributed by atoms with Gasteiger partial charge in [-0.1, -0.05) is 153 Å². The Hall–Kier alpha value is -5.84. The molecule has 0 fully saturated rings. The predicted molar refractivity (Wildman–Crippen MR) is 232 cm³/mol. The van der Waals surface area contributed by atoms with Crippen LogP contribution in [0.5, 0.6) is 0 Å². The molecule has 10 heteroatoms. The van der Waals surface area contributed by atoms with Gasteiger partial charge in [-0.25, -0.2) is 4.79 Å². The molecule has 0 aromatic heterocycles. The fourth-order valence-electron chi connectivity index (χ4n) is 7.14. The first kappa shape index (κ1) is 41.8. The molecule has 0 heterocycles. The third-order valence-corrected chi connectivity index (χ3v) is 11.0. The van der Waals surface area contributed by atoms with Crippen LogP contribution in [-0.2, 0) is 25.6 Å². The number of aldehydes is 1. The van der Waals surface area contributed by atoms with E-state index >= 15 is 0 Å². The van der Waals surface area contributed by atoms with Crippen molar-refractivity contribution in [3.05, 3.63) is 188 Å². The molecule has 0 saturated carbocycles. The zero-order valence-electron chi connectivity index (χ0n) is 31.7. The predicted octanol–water partition coefficient (Wildman–Crippen LogP) is 11.3. The van der Waals surface area contributed by atoms with E-state index in [-0.39, 0.29) is 43.9 Å². The second kappa shape index (κ2) is 20.0. The summed E-state index contributed by atoms with van der Waals surface area (Å²) in [7, 11) is 0. The first-order valence-corrected chi connectivity index (χ1v) is 20.3. The van der Waals surface area contributed by atoms with Gasteiger partial charge in [0.15, 0.2) is 0 Å². The molecule has 0 atom stereocenters. The number of aliphatic carboxylic acids is 1. The van der Waals surface area contributed by atoms with Gasteiger partial charge in [-0.2, -0.15) is 0 Å². The number of hydrogen-bond acceptors (Lipinski definition) is 6. The lowest BCUT2D eigenvalue weighted by atomic mass is 9.98. The molecule has 0 unspecified atom stereocenters. The topological polar surface area (TPSA) is 110 Å². The molecule has 0 saturated heterocycles. The van der Waals surface area contributed by atoms with E-state index in [1.807, 2.05) is 84.9 Å². The molecular weight excluding hydrogens is 862 g/mol. The molecular formula is C48H41Br2NO7. The van der Waals surface area contributed by atoms with Gasteiger partial charge < -0.3 is 19.5 Å². The van der Waals surface area contributed by atoms with Gasteiger partial charge in [-0.05, 0) is 74.3 Å². The Morgan fingerprint density at radius 2 is 1.00 bits per heavy atom. The lowest BCUT2D eigenvalue weighted by Crippen LogP contribution is -2.34. The minimum absolute atomic E-state index is 0.0367. The number of carbonyl (C=O) groups is 4. The van der Waals surface area contributed by atoms with Crippen molar-refractivity contribution in [2.75, 3.05) is 19.8 Å². The quantitative estimate of drug-likeness (QED) is 0.108. The number of fused-ring (bicyclic) bond motifs is 6. The van der Waals surface area contributed by atoms with E-state index in [1.54, 1.807) is 12.1 Å². The van der Waals surface area contributed by atoms with E-state index in [4.69, 9.17) is 14.6 Å². The zero-order valence-corrected chi connectivity index (χ0v) is 34.9. The first-order valence-electron chi connectivity index (χ1n) is 18.7. The highest BCUT2D eigenvalue weighted by molar-refractivity contribution is 9.10. The SMILES string of the molecule is CC(=O)OCC1c2ccccc2-c2ccccc21.O=C(O)CCN(Cc1ccc(Br)cc1)C(=O)OCC1c2ccccc2-c2ccccc21.O=Cc1ccc(Br)cc1. The Kier molecular flexibility index (Phi) is 14.4. The lowest BCUT2D eigenvalue weighted by Gasteiger charge is -2.23. The van der Waals surface area contributed by atoms with Crippen LogP contribution in [0.25, 0.3) is 22.3 Å². The maximum absolute atomic E-state index is 12.9. The number of halogens is 2. The molecule has 2 aliphatic rings. The van der Waals surface area contributed by atoms with Crippen LogP contribution in [0.2, 0.25) is 0 Å². The van der Waals surface area contributed by atoms with Crippen LogP contribution < -0.4 is 0 Å². The Labute approximate surface area is 354 Å². The summed E-state index contributed by atoms with van der Waals surface area (Å²) in [5, 5.41) is 9.08. The lowest BCUT2D eigenvalue weighted by molar-refractivity contribution is -0.141. The second-order valence-electron chi connectivity index (χ2n) is 13.7. The van der Waals surface area contributed by atoms with Gasteiger partial charge in [0.05, 0.1) is 6.42 Å². The number of amides is 1. The Morgan fingerprint density at radius 1 is 0.603 bits per heavy atom. The summed E-state index contributed by atoms with van der Waals surface area (Å²) < 4.78 is 12.8. The molecule has 6 aromatic rings. The molecule has 0 radical (unpaired) electrons. The summed E-state index contributed by atoms with van der Waals surface area (Å²) in [5.74, 6) is -1.05. The third-order valence-electron chi connectivity index (χ3n) is 9.90. The average Bonchev–Trinajstić information content (AvgIpc) is 3.74. The van der Waals surface area contributed by atoms with Crippen molar-refractivity contribution in [3.8, 4) is 22.3 Å². The van der Waals surface area contributed by atoms with Crippen molar-refractivity contribution >= 4 is 56.2 Å². The summed E-state index contributed by atoms with van der Waals surface area (Å²) in [6.07, 6.45) is 0.179. The van der Waals surface area contributed by atoms with Gasteiger partial charge >= 0.3 is 18.0 Å². The standard InChI is InChI=1S/C25H22BrNO4.C16H14O2.C7H5BrO/c26-18-11-9-17(10-12-18)15-27(14-13-24(28)29)25(30)31-16-23-21-7-3-1-5-19(21)20-6-2-4-8-22(20)23;1-11(17)18-10-16-14-8-4-2-6-12(14)13-7-3-5-9-15(13)16;8-7-3-1-6(5-9)2-4-7/h1-12,23H,13-16H2,(H,28,29);2-9,16H,10H2,1H3;1-5H. The van der Waals surface area contributed by atoms with E-state index in [0.717, 1.165) is 43.0 Å². The Morgan fingerprint density at radius 3 is 1.40 bits per heavy atom. The van der Waals surface area contributed by atoms with Crippen LogP contribution in [0, 0.1) is 0 Å². The summed E-state index contributed by atoms with van der Waals surface area (Å²) in [6.45, 7) is 2.45. The van der Waals surface area contributed by atoms with Crippen LogP contribution >= 0.6 is 31.9 Å². The number of benzene rings is 6. The summed E-state index contributed by atoms with van der Waals surface area (Å²) in [4.78, 5) is 46.5. The molecule has 1 N–H and O–H groups in total. The van der Waals surface area contributed by atoms with Crippen LogP contribution in [0.4, 0.5) is 4.79 Å². The van der Waals surface area contributed by atoms with Crippen molar-refractivity contribution in [3.63, 3.8) is 0 Å². The first-order chi connectivity index (χ1) is 28.1. The molecule has 6 aromatic carbocycles. The minimum atomic E-state index is -0.952. The van der Waals surface area contributed by atoms with E-state index < -0.39 is 12.1 Å². The largest absolute Gasteiger partial charge is 0.481 e. The number of rotatable bonds is 10. The van der Waals surface area contributed by atoms with Crippen molar-refractivity contribution in [2.24, 2.45) is 0 Å². The molecule has 2 aliphatic carbocycles. The van der Waals surface area contributed by atoms with Gasteiger partial charge in [0.25, 0.3) is 0 Å². The highest BCUT2D eigenvalue weighted by Crippen LogP contribution is 2.45. The number of carboxylic acid groups (broad SMARTS) is 1. The number of nitrogens with zero attached hydrogens (tertiary/aromatic N) is 1. The van der Waals surface area contributed by atoms with E-state index in [0.29, 0.717) is 12.2 Å². The molecule has 0 aliphatic heterocycles. The number of ether oxygens (including phenoxy) is 2. The second-order valence-corrected chi connectivity index (χ2v) is 15.5. The average molecular weight is 904 g/mol. The third kappa shape index (κ3) is 10.6. The molecule has 0 spiro atoms. The number of carboxylic acids is 1. The van der Waals surface area contributed by atoms with Crippen LogP contribution in [0.15, 0.2) is 155 Å². The van der Waals surface area contributed by atoms with Crippen LogP contribution in [0.3, 0.4) is 0 Å². The van der Waals surface area contributed by atoms with Crippen LogP contribution in [-0.4, -0.2) is 54.1 Å². The summed E-state index contributed by atoms with van der Waals surface area (Å²) in [5.41, 5.74) is 11.2. The highest BCUT2D eigenvalue weighted by Gasteiger charge is 2.30. The number of hydrogen-bond donors (Lipinski definition) is 1. The molecule has 58 heavy (non-hydrogen) atoms. The van der Waals surface area contributed by atoms with Crippen LogP contribution in [0.1, 0.15) is 63.4 Å². The fourth-order valence-corrected chi connectivity index (χ4v) is 7.67. The summed E-state index contributed by atoms with van der Waals surface area (Å²) >= 11 is 6.66. The maximum Gasteiger partial charge on any atom is 0.410 e. The Bertz CT molecular complexity index is 2290. The minimum Gasteiger partial charge on any atom is -0.481 e. The van der Waals surface area contributed by atoms with E-state index in [9.17, 15) is 19.2 Å². The molecule has 294 valence electrons. The van der Waals surface area contributed by atoms with Gasteiger partial charge in [-0.15, -0.1) is 0 Å². The molecule has 0 bridgehead atoms. The van der Waals surface area contributed by atoms with Gasteiger partial charge in [0, 0.05) is 46.4 Å². The van der Waals surface area contributed by atoms with E-state index in [1.165, 1.54) is 34.1 Å². The Balaban J connectivity index is 0.000000175. The maximum atomic E-state index is 12.9. The number of carbonyl (C=O) groups excluding carboxylic acids is 3.